The first-order chi connectivity index (χ1) is 13.4. The van der Waals surface area contributed by atoms with Crippen molar-refractivity contribution in [3.63, 3.8) is 0 Å². The molecule has 1 N–H and O–H groups in total. The average Bonchev–Trinajstić information content (AvgIpc) is 2.66. The summed E-state index contributed by atoms with van der Waals surface area (Å²) < 4.78 is 2.40. The third-order valence-corrected chi connectivity index (χ3v) is 4.94. The Morgan fingerprint density at radius 1 is 1.07 bits per heavy atom. The molecule has 0 atom stereocenters. The maximum atomic E-state index is 12.2. The van der Waals surface area contributed by atoms with Gasteiger partial charge in [0.25, 0.3) is 5.56 Å². The van der Waals surface area contributed by atoms with Crippen molar-refractivity contribution in [2.75, 3.05) is 5.32 Å². The molecule has 0 spiro atoms. The highest BCUT2D eigenvalue weighted by Crippen LogP contribution is 2.20. The number of anilines is 1. The van der Waals surface area contributed by atoms with Crippen LogP contribution in [0.15, 0.2) is 63.9 Å². The maximum absolute atomic E-state index is 12.2. The maximum Gasteiger partial charge on any atom is 0.266 e. The molecule has 5 nitrogen and oxygen atoms in total. The number of nitrogens with one attached hydrogen (secondary N) is 1. The van der Waals surface area contributed by atoms with Crippen molar-refractivity contribution in [1.82, 2.24) is 9.78 Å². The van der Waals surface area contributed by atoms with E-state index in [2.05, 4.69) is 26.3 Å². The average molecular weight is 440 g/mol. The highest BCUT2D eigenvalue weighted by Gasteiger charge is 2.07. The van der Waals surface area contributed by atoms with Crippen LogP contribution in [-0.4, -0.2) is 15.7 Å². The van der Waals surface area contributed by atoms with E-state index in [9.17, 15) is 9.59 Å². The fourth-order valence-electron chi connectivity index (χ4n) is 2.86. The fourth-order valence-corrected chi connectivity index (χ4v) is 3.33. The molecule has 0 aliphatic heterocycles. The number of carbonyl (C=O) groups excluding carboxylic acids is 1. The van der Waals surface area contributed by atoms with Crippen LogP contribution in [0.2, 0.25) is 0 Å². The minimum atomic E-state index is -0.167. The molecule has 1 amide bonds. The summed E-state index contributed by atoms with van der Waals surface area (Å²) in [6, 6.07) is 17.0. The number of aryl methyl sites for hydroxylation is 3. The SMILES string of the molecule is Cc1ccc(-c2ccc(=O)n(CCCC(=O)Nc3ccc(Br)cc3C)n2)cc1. The lowest BCUT2D eigenvalue weighted by Crippen LogP contribution is -2.23. The molecule has 3 aromatic rings. The number of amides is 1. The Labute approximate surface area is 172 Å². The molecule has 0 bridgehead atoms. The van der Waals surface area contributed by atoms with E-state index < -0.39 is 0 Å². The molecule has 0 aliphatic carbocycles. The first-order valence-corrected chi connectivity index (χ1v) is 9.93. The Morgan fingerprint density at radius 3 is 2.54 bits per heavy atom. The second kappa shape index (κ2) is 8.97. The second-order valence-electron chi connectivity index (χ2n) is 6.76. The summed E-state index contributed by atoms with van der Waals surface area (Å²) in [6.07, 6.45) is 0.851. The van der Waals surface area contributed by atoms with E-state index in [0.29, 0.717) is 19.4 Å². The molecule has 6 heteroatoms. The summed E-state index contributed by atoms with van der Waals surface area (Å²) in [5.74, 6) is -0.0758. The Balaban J connectivity index is 1.61. The smallest absolute Gasteiger partial charge is 0.266 e. The quantitative estimate of drug-likeness (QED) is 0.604. The van der Waals surface area contributed by atoms with Gasteiger partial charge in [-0.3, -0.25) is 9.59 Å². The van der Waals surface area contributed by atoms with Crippen LogP contribution in [0.25, 0.3) is 11.3 Å². The van der Waals surface area contributed by atoms with Gasteiger partial charge in [0.1, 0.15) is 0 Å². The van der Waals surface area contributed by atoms with Gasteiger partial charge >= 0.3 is 0 Å². The first-order valence-electron chi connectivity index (χ1n) is 9.13. The standard InChI is InChI=1S/C22H22BrN3O2/c1-15-5-7-17(8-6-15)20-11-12-22(28)26(25-20)13-3-4-21(27)24-19-10-9-18(23)14-16(19)2/h5-12,14H,3-4,13H2,1-2H3,(H,24,27). The minimum Gasteiger partial charge on any atom is -0.326 e. The minimum absolute atomic E-state index is 0.0758. The predicted octanol–water partition coefficient (Wildman–Crippen LogP) is 4.71. The van der Waals surface area contributed by atoms with E-state index in [-0.39, 0.29) is 11.5 Å². The Hall–Kier alpha value is -2.73. The largest absolute Gasteiger partial charge is 0.326 e. The van der Waals surface area contributed by atoms with Gasteiger partial charge in [0, 0.05) is 34.8 Å². The number of benzene rings is 2. The number of hydrogen-bond acceptors (Lipinski definition) is 3. The number of halogens is 1. The van der Waals surface area contributed by atoms with Crippen LogP contribution >= 0.6 is 15.9 Å². The highest BCUT2D eigenvalue weighted by molar-refractivity contribution is 9.10. The van der Waals surface area contributed by atoms with Crippen molar-refractivity contribution >= 4 is 27.5 Å². The Kier molecular flexibility index (Phi) is 6.41. The molecule has 0 unspecified atom stereocenters. The third kappa shape index (κ3) is 5.16. The van der Waals surface area contributed by atoms with Gasteiger partial charge in [-0.2, -0.15) is 5.10 Å². The summed E-state index contributed by atoms with van der Waals surface area (Å²) in [4.78, 5) is 24.3. The van der Waals surface area contributed by atoms with Gasteiger partial charge in [-0.1, -0.05) is 45.8 Å². The van der Waals surface area contributed by atoms with Crippen molar-refractivity contribution in [3.05, 3.63) is 80.6 Å². The molecule has 2 aromatic carbocycles. The molecule has 1 heterocycles. The predicted molar refractivity (Wildman–Crippen MR) is 115 cm³/mol. The second-order valence-corrected chi connectivity index (χ2v) is 7.67. The summed E-state index contributed by atoms with van der Waals surface area (Å²) >= 11 is 3.41. The van der Waals surface area contributed by atoms with E-state index in [1.165, 1.54) is 16.3 Å². The number of nitrogens with zero attached hydrogens (tertiary/aromatic N) is 2. The molecule has 3 rings (SSSR count). The molecule has 1 aromatic heterocycles. The fraction of sp³-hybridized carbons (Fsp3) is 0.227. The molecule has 0 saturated carbocycles. The monoisotopic (exact) mass is 439 g/mol. The first kappa shape index (κ1) is 20.0. The topological polar surface area (TPSA) is 64.0 Å². The highest BCUT2D eigenvalue weighted by atomic mass is 79.9. The number of rotatable bonds is 6. The van der Waals surface area contributed by atoms with Gasteiger partial charge in [-0.15, -0.1) is 0 Å². The zero-order valence-electron chi connectivity index (χ0n) is 15.9. The summed E-state index contributed by atoms with van der Waals surface area (Å²) in [5, 5.41) is 7.36. The molecule has 0 radical (unpaired) electrons. The van der Waals surface area contributed by atoms with Crippen molar-refractivity contribution in [2.24, 2.45) is 0 Å². The van der Waals surface area contributed by atoms with Crippen LogP contribution in [0.4, 0.5) is 5.69 Å². The molecular weight excluding hydrogens is 418 g/mol. The molecule has 144 valence electrons. The Morgan fingerprint density at radius 2 is 1.82 bits per heavy atom. The zero-order valence-corrected chi connectivity index (χ0v) is 17.5. The van der Waals surface area contributed by atoms with E-state index >= 15 is 0 Å². The number of hydrogen-bond donors (Lipinski definition) is 1. The van der Waals surface area contributed by atoms with Gasteiger partial charge < -0.3 is 5.32 Å². The van der Waals surface area contributed by atoms with E-state index in [1.54, 1.807) is 6.07 Å². The summed E-state index contributed by atoms with van der Waals surface area (Å²) in [5.41, 5.74) is 4.50. The number of carbonyl (C=O) groups is 1. The molecular formula is C22H22BrN3O2. The normalized spacial score (nSPS) is 10.7. The number of aromatic nitrogens is 2. The van der Waals surface area contributed by atoms with E-state index in [4.69, 9.17) is 0 Å². The van der Waals surface area contributed by atoms with Crippen molar-refractivity contribution in [3.8, 4) is 11.3 Å². The molecule has 28 heavy (non-hydrogen) atoms. The zero-order chi connectivity index (χ0) is 20.1. The van der Waals surface area contributed by atoms with Gasteiger partial charge in [0.05, 0.1) is 5.69 Å². The lowest BCUT2D eigenvalue weighted by atomic mass is 10.1. The Bertz CT molecular complexity index is 1040. The van der Waals surface area contributed by atoms with E-state index in [0.717, 1.165) is 27.0 Å². The third-order valence-electron chi connectivity index (χ3n) is 4.45. The van der Waals surface area contributed by atoms with Gasteiger partial charge in [0.15, 0.2) is 0 Å². The van der Waals surface area contributed by atoms with Gasteiger partial charge in [-0.05, 0) is 50.1 Å². The van der Waals surface area contributed by atoms with Crippen molar-refractivity contribution in [2.45, 2.75) is 33.2 Å². The van der Waals surface area contributed by atoms with Crippen LogP contribution in [-0.2, 0) is 11.3 Å². The van der Waals surface area contributed by atoms with Crippen LogP contribution in [0.1, 0.15) is 24.0 Å². The van der Waals surface area contributed by atoms with Crippen LogP contribution in [0.3, 0.4) is 0 Å². The van der Waals surface area contributed by atoms with Crippen molar-refractivity contribution in [1.29, 1.82) is 0 Å². The molecule has 0 aliphatic rings. The molecule has 0 saturated heterocycles. The van der Waals surface area contributed by atoms with Crippen molar-refractivity contribution < 1.29 is 4.79 Å². The lowest BCUT2D eigenvalue weighted by Gasteiger charge is -2.10. The van der Waals surface area contributed by atoms with Gasteiger partial charge in [0.2, 0.25) is 5.91 Å². The lowest BCUT2D eigenvalue weighted by molar-refractivity contribution is -0.116. The molecule has 0 fully saturated rings. The summed E-state index contributed by atoms with van der Waals surface area (Å²) in [6.45, 7) is 4.37. The van der Waals surface area contributed by atoms with Crippen LogP contribution < -0.4 is 10.9 Å². The van der Waals surface area contributed by atoms with E-state index in [1.807, 2.05) is 56.3 Å². The van der Waals surface area contributed by atoms with Crippen LogP contribution in [0, 0.1) is 13.8 Å². The van der Waals surface area contributed by atoms with Gasteiger partial charge in [-0.25, -0.2) is 4.68 Å². The summed E-state index contributed by atoms with van der Waals surface area (Å²) in [7, 11) is 0. The van der Waals surface area contributed by atoms with Crippen LogP contribution in [0.5, 0.6) is 0 Å².